The molecular formula is C11H16N2O. The Morgan fingerprint density at radius 2 is 2.36 bits per heavy atom. The van der Waals surface area contributed by atoms with Crippen LogP contribution in [0.1, 0.15) is 25.3 Å². The van der Waals surface area contributed by atoms with E-state index in [0.29, 0.717) is 0 Å². The van der Waals surface area contributed by atoms with Crippen molar-refractivity contribution in [1.82, 2.24) is 4.98 Å². The van der Waals surface area contributed by atoms with Gasteiger partial charge in [0.05, 0.1) is 6.20 Å². The molecule has 1 rings (SSSR count). The van der Waals surface area contributed by atoms with Crippen molar-refractivity contribution >= 4 is 6.08 Å². The number of aromatic hydroxyl groups is 1. The van der Waals surface area contributed by atoms with Crippen LogP contribution in [0.2, 0.25) is 0 Å². The number of hydrogen-bond acceptors (Lipinski definition) is 3. The maximum atomic E-state index is 9.15. The Labute approximate surface area is 84.3 Å². The molecule has 0 amide bonds. The molecule has 0 saturated heterocycles. The first-order chi connectivity index (χ1) is 6.72. The lowest BCUT2D eigenvalue weighted by Crippen LogP contribution is -2.16. The van der Waals surface area contributed by atoms with Crippen molar-refractivity contribution in [2.75, 3.05) is 0 Å². The van der Waals surface area contributed by atoms with Crippen molar-refractivity contribution in [3.8, 4) is 5.75 Å². The molecular weight excluding hydrogens is 176 g/mol. The SMILES string of the molecule is CCC(N)CC=Cc1cncc(O)c1. The highest BCUT2D eigenvalue weighted by Gasteiger charge is 1.94. The minimum absolute atomic E-state index is 0.187. The largest absolute Gasteiger partial charge is 0.506 e. The highest BCUT2D eigenvalue weighted by Crippen LogP contribution is 2.10. The fourth-order valence-corrected chi connectivity index (χ4v) is 1.08. The fraction of sp³-hybridized carbons (Fsp3) is 0.364. The van der Waals surface area contributed by atoms with Crippen LogP contribution < -0.4 is 5.73 Å². The Morgan fingerprint density at radius 1 is 1.57 bits per heavy atom. The molecule has 3 nitrogen and oxygen atoms in total. The molecule has 14 heavy (non-hydrogen) atoms. The van der Waals surface area contributed by atoms with Gasteiger partial charge >= 0.3 is 0 Å². The van der Waals surface area contributed by atoms with Gasteiger partial charge in [-0.2, -0.15) is 0 Å². The van der Waals surface area contributed by atoms with E-state index in [1.165, 1.54) is 6.20 Å². The van der Waals surface area contributed by atoms with E-state index in [4.69, 9.17) is 10.8 Å². The Hall–Kier alpha value is -1.35. The number of rotatable bonds is 4. The summed E-state index contributed by atoms with van der Waals surface area (Å²) >= 11 is 0. The summed E-state index contributed by atoms with van der Waals surface area (Å²) in [4.78, 5) is 3.87. The first kappa shape index (κ1) is 10.7. The van der Waals surface area contributed by atoms with Gasteiger partial charge in [-0.25, -0.2) is 0 Å². The molecule has 1 unspecified atom stereocenters. The summed E-state index contributed by atoms with van der Waals surface area (Å²) in [5, 5.41) is 9.15. The molecule has 0 saturated carbocycles. The third kappa shape index (κ3) is 3.58. The van der Waals surface area contributed by atoms with Crippen molar-refractivity contribution in [3.05, 3.63) is 30.1 Å². The molecule has 0 radical (unpaired) electrons. The summed E-state index contributed by atoms with van der Waals surface area (Å²) in [5.74, 6) is 0.187. The summed E-state index contributed by atoms with van der Waals surface area (Å²) in [7, 11) is 0. The molecule has 0 aromatic carbocycles. The normalized spacial score (nSPS) is 13.3. The van der Waals surface area contributed by atoms with Gasteiger partial charge in [0.15, 0.2) is 0 Å². The molecule has 1 heterocycles. The zero-order valence-corrected chi connectivity index (χ0v) is 8.35. The molecule has 1 atom stereocenters. The Balaban J connectivity index is 2.51. The van der Waals surface area contributed by atoms with Crippen LogP contribution in [0.25, 0.3) is 6.08 Å². The van der Waals surface area contributed by atoms with Crippen molar-refractivity contribution in [2.45, 2.75) is 25.8 Å². The van der Waals surface area contributed by atoms with E-state index < -0.39 is 0 Å². The van der Waals surface area contributed by atoms with Crippen LogP contribution in [0.4, 0.5) is 0 Å². The number of nitrogens with zero attached hydrogens (tertiary/aromatic N) is 1. The third-order valence-electron chi connectivity index (χ3n) is 2.02. The monoisotopic (exact) mass is 192 g/mol. The van der Waals surface area contributed by atoms with Gasteiger partial charge in [-0.05, 0) is 24.5 Å². The van der Waals surface area contributed by atoms with Gasteiger partial charge in [-0.1, -0.05) is 19.1 Å². The second kappa shape index (κ2) is 5.40. The van der Waals surface area contributed by atoms with Gasteiger partial charge in [0.25, 0.3) is 0 Å². The molecule has 3 N–H and O–H groups in total. The van der Waals surface area contributed by atoms with Gasteiger partial charge in [-0.15, -0.1) is 0 Å². The van der Waals surface area contributed by atoms with E-state index in [-0.39, 0.29) is 11.8 Å². The third-order valence-corrected chi connectivity index (χ3v) is 2.02. The molecule has 0 aliphatic carbocycles. The predicted octanol–water partition coefficient (Wildman–Crippen LogP) is 1.93. The number of pyridine rings is 1. The lowest BCUT2D eigenvalue weighted by atomic mass is 10.1. The molecule has 1 aromatic heterocycles. The molecule has 0 aliphatic rings. The van der Waals surface area contributed by atoms with E-state index in [1.54, 1.807) is 12.3 Å². The summed E-state index contributed by atoms with van der Waals surface area (Å²) in [6, 6.07) is 1.89. The Morgan fingerprint density at radius 3 is 3.00 bits per heavy atom. The fourth-order valence-electron chi connectivity index (χ4n) is 1.08. The van der Waals surface area contributed by atoms with E-state index in [1.807, 2.05) is 12.2 Å². The molecule has 76 valence electrons. The van der Waals surface area contributed by atoms with Crippen LogP contribution in [0.3, 0.4) is 0 Å². The topological polar surface area (TPSA) is 59.1 Å². The highest BCUT2D eigenvalue weighted by atomic mass is 16.3. The van der Waals surface area contributed by atoms with Crippen LogP contribution in [0.5, 0.6) is 5.75 Å². The average Bonchev–Trinajstić information content (AvgIpc) is 2.17. The molecule has 3 heteroatoms. The first-order valence-electron chi connectivity index (χ1n) is 4.78. The maximum Gasteiger partial charge on any atom is 0.134 e. The number of nitrogens with two attached hydrogens (primary N) is 1. The molecule has 1 aromatic rings. The molecule has 0 bridgehead atoms. The van der Waals surface area contributed by atoms with E-state index in [0.717, 1.165) is 18.4 Å². The van der Waals surface area contributed by atoms with Crippen molar-refractivity contribution in [3.63, 3.8) is 0 Å². The van der Waals surface area contributed by atoms with E-state index in [9.17, 15) is 0 Å². The van der Waals surface area contributed by atoms with E-state index >= 15 is 0 Å². The first-order valence-corrected chi connectivity index (χ1v) is 4.78. The molecule has 0 spiro atoms. The summed E-state index contributed by atoms with van der Waals surface area (Å²) in [6.45, 7) is 2.06. The second-order valence-corrected chi connectivity index (χ2v) is 3.28. The van der Waals surface area contributed by atoms with Gasteiger partial charge in [0, 0.05) is 12.2 Å². The minimum atomic E-state index is 0.187. The number of aromatic nitrogens is 1. The van der Waals surface area contributed by atoms with Crippen LogP contribution in [-0.4, -0.2) is 16.1 Å². The Kier molecular flexibility index (Phi) is 4.13. The average molecular weight is 192 g/mol. The van der Waals surface area contributed by atoms with Crippen LogP contribution in [0, 0.1) is 0 Å². The lowest BCUT2D eigenvalue weighted by Gasteiger charge is -2.02. The van der Waals surface area contributed by atoms with Crippen molar-refractivity contribution < 1.29 is 5.11 Å². The van der Waals surface area contributed by atoms with Gasteiger partial charge in [-0.3, -0.25) is 4.98 Å². The molecule has 0 aliphatic heterocycles. The smallest absolute Gasteiger partial charge is 0.134 e. The zero-order chi connectivity index (χ0) is 10.4. The van der Waals surface area contributed by atoms with Crippen LogP contribution in [0.15, 0.2) is 24.5 Å². The molecule has 0 fully saturated rings. The van der Waals surface area contributed by atoms with Gasteiger partial charge in [0.1, 0.15) is 5.75 Å². The Bertz CT molecular complexity index is 310. The van der Waals surface area contributed by atoms with Crippen LogP contribution in [-0.2, 0) is 0 Å². The second-order valence-electron chi connectivity index (χ2n) is 3.28. The lowest BCUT2D eigenvalue weighted by molar-refractivity contribution is 0.472. The van der Waals surface area contributed by atoms with Crippen LogP contribution >= 0.6 is 0 Å². The van der Waals surface area contributed by atoms with E-state index in [2.05, 4.69) is 11.9 Å². The van der Waals surface area contributed by atoms with Crippen molar-refractivity contribution in [2.24, 2.45) is 5.73 Å². The van der Waals surface area contributed by atoms with Gasteiger partial charge in [0.2, 0.25) is 0 Å². The zero-order valence-electron chi connectivity index (χ0n) is 8.35. The summed E-state index contributed by atoms with van der Waals surface area (Å²) in [5.41, 5.74) is 6.65. The quantitative estimate of drug-likeness (QED) is 0.766. The highest BCUT2D eigenvalue weighted by molar-refractivity contribution is 5.49. The maximum absolute atomic E-state index is 9.15. The predicted molar refractivity (Wildman–Crippen MR) is 57.8 cm³/mol. The summed E-state index contributed by atoms with van der Waals surface area (Å²) < 4.78 is 0. The van der Waals surface area contributed by atoms with Crippen molar-refractivity contribution in [1.29, 1.82) is 0 Å². The standard InChI is InChI=1S/C11H16N2O/c1-2-10(12)5-3-4-9-6-11(14)8-13-7-9/h3-4,6-8,10,14H,2,5,12H2,1H3. The minimum Gasteiger partial charge on any atom is -0.506 e. The van der Waals surface area contributed by atoms with Gasteiger partial charge < -0.3 is 10.8 Å². The summed E-state index contributed by atoms with van der Waals surface area (Å²) in [6.07, 6.45) is 8.87. The number of hydrogen-bond donors (Lipinski definition) is 2.